The van der Waals surface area contributed by atoms with E-state index in [1.165, 1.54) is 12.6 Å². The number of ether oxygens (including phenoxy) is 1. The zero-order valence-electron chi connectivity index (χ0n) is 10.4. The van der Waals surface area contributed by atoms with Crippen LogP contribution in [0, 0.1) is 0 Å². The Morgan fingerprint density at radius 1 is 1.63 bits per heavy atom. The average molecular weight is 305 g/mol. The standard InChI is InChI=1S/C10H15N3O4S2/c1-17-9(14)8-10(18-6-12-8)19(15,16)13-7-3-2-4-11-5-7/h6-7,11,13H,2-5H2,1H3. The molecule has 1 unspecified atom stereocenters. The van der Waals surface area contributed by atoms with E-state index in [1.54, 1.807) is 0 Å². The van der Waals surface area contributed by atoms with Crippen molar-refractivity contribution in [3.8, 4) is 0 Å². The van der Waals surface area contributed by atoms with Gasteiger partial charge in [-0.2, -0.15) is 0 Å². The second kappa shape index (κ2) is 5.95. The Hall–Kier alpha value is -1.03. The highest BCUT2D eigenvalue weighted by atomic mass is 32.2. The topological polar surface area (TPSA) is 97.4 Å². The van der Waals surface area contributed by atoms with Crippen LogP contribution in [0.5, 0.6) is 0 Å². The molecule has 1 aliphatic rings. The Morgan fingerprint density at radius 3 is 3.05 bits per heavy atom. The lowest BCUT2D eigenvalue weighted by atomic mass is 10.1. The van der Waals surface area contributed by atoms with E-state index >= 15 is 0 Å². The van der Waals surface area contributed by atoms with E-state index < -0.39 is 16.0 Å². The third kappa shape index (κ3) is 3.30. The number of hydrogen-bond donors (Lipinski definition) is 2. The van der Waals surface area contributed by atoms with E-state index in [0.717, 1.165) is 30.7 Å². The van der Waals surface area contributed by atoms with Crippen LogP contribution in [0.15, 0.2) is 9.72 Å². The largest absolute Gasteiger partial charge is 0.464 e. The number of piperidine rings is 1. The van der Waals surface area contributed by atoms with Gasteiger partial charge in [-0.05, 0) is 19.4 Å². The molecule has 1 atom stereocenters. The van der Waals surface area contributed by atoms with E-state index in [-0.39, 0.29) is 15.9 Å². The minimum atomic E-state index is -3.74. The van der Waals surface area contributed by atoms with E-state index in [0.29, 0.717) is 6.54 Å². The molecule has 0 aliphatic carbocycles. The van der Waals surface area contributed by atoms with Gasteiger partial charge in [-0.1, -0.05) is 0 Å². The Balaban J connectivity index is 2.19. The van der Waals surface area contributed by atoms with Gasteiger partial charge in [-0.15, -0.1) is 11.3 Å². The van der Waals surface area contributed by atoms with E-state index in [9.17, 15) is 13.2 Å². The zero-order chi connectivity index (χ0) is 13.9. The maximum Gasteiger partial charge on any atom is 0.358 e. The van der Waals surface area contributed by atoms with Crippen molar-refractivity contribution in [1.29, 1.82) is 0 Å². The summed E-state index contributed by atoms with van der Waals surface area (Å²) in [6.07, 6.45) is 1.69. The van der Waals surface area contributed by atoms with E-state index in [4.69, 9.17) is 0 Å². The summed E-state index contributed by atoms with van der Waals surface area (Å²) in [5.74, 6) is -0.747. The molecule has 19 heavy (non-hydrogen) atoms. The summed E-state index contributed by atoms with van der Waals surface area (Å²) in [5, 5.41) is 3.12. The number of nitrogens with zero attached hydrogens (tertiary/aromatic N) is 1. The van der Waals surface area contributed by atoms with Crippen LogP contribution in [0.4, 0.5) is 0 Å². The summed E-state index contributed by atoms with van der Waals surface area (Å²) in [6, 6.07) is -0.161. The Kier molecular flexibility index (Phi) is 4.50. The van der Waals surface area contributed by atoms with Crippen LogP contribution in [0.3, 0.4) is 0 Å². The third-order valence-corrected chi connectivity index (χ3v) is 5.67. The lowest BCUT2D eigenvalue weighted by Crippen LogP contribution is -2.45. The molecule has 0 amide bonds. The number of hydrogen-bond acceptors (Lipinski definition) is 7. The van der Waals surface area contributed by atoms with Crippen molar-refractivity contribution < 1.29 is 17.9 Å². The molecule has 0 spiro atoms. The fourth-order valence-corrected chi connectivity index (χ4v) is 4.30. The lowest BCUT2D eigenvalue weighted by molar-refractivity contribution is 0.0590. The van der Waals surface area contributed by atoms with Gasteiger partial charge in [-0.25, -0.2) is 22.9 Å². The number of carbonyl (C=O) groups excluding carboxylic acids is 1. The third-order valence-electron chi connectivity index (χ3n) is 2.78. The van der Waals surface area contributed by atoms with Gasteiger partial charge in [0.25, 0.3) is 10.0 Å². The molecule has 1 aromatic rings. The minimum absolute atomic E-state index is 0.0927. The first kappa shape index (κ1) is 14.4. The molecule has 2 heterocycles. The molecule has 2 N–H and O–H groups in total. The fourth-order valence-electron chi connectivity index (χ4n) is 1.88. The van der Waals surface area contributed by atoms with Crippen LogP contribution in [0.2, 0.25) is 0 Å². The minimum Gasteiger partial charge on any atom is -0.464 e. The number of methoxy groups -OCH3 is 1. The second-order valence-electron chi connectivity index (χ2n) is 4.14. The van der Waals surface area contributed by atoms with Gasteiger partial charge in [0.2, 0.25) is 0 Å². The van der Waals surface area contributed by atoms with Crippen LogP contribution >= 0.6 is 11.3 Å². The molecule has 1 fully saturated rings. The van der Waals surface area contributed by atoms with Crippen molar-refractivity contribution in [3.05, 3.63) is 11.2 Å². The van der Waals surface area contributed by atoms with Gasteiger partial charge in [0.1, 0.15) is 0 Å². The van der Waals surface area contributed by atoms with Gasteiger partial charge in [-0.3, -0.25) is 0 Å². The molecule has 0 radical (unpaired) electrons. The highest BCUT2D eigenvalue weighted by Crippen LogP contribution is 2.21. The maximum absolute atomic E-state index is 12.2. The molecule has 0 bridgehead atoms. The smallest absolute Gasteiger partial charge is 0.358 e. The number of rotatable bonds is 4. The number of thiazole rings is 1. The predicted octanol–water partition coefficient (Wildman–Crippen LogP) is -0.0400. The summed E-state index contributed by atoms with van der Waals surface area (Å²) in [4.78, 5) is 15.2. The molecular formula is C10H15N3O4S2. The van der Waals surface area contributed by atoms with Crippen molar-refractivity contribution in [2.45, 2.75) is 23.1 Å². The first-order chi connectivity index (χ1) is 9.04. The molecule has 1 aliphatic heterocycles. The molecule has 0 saturated carbocycles. The van der Waals surface area contributed by atoms with Crippen LogP contribution in [-0.2, 0) is 14.8 Å². The van der Waals surface area contributed by atoms with Crippen LogP contribution in [0.25, 0.3) is 0 Å². The Labute approximate surface area is 115 Å². The Bertz CT molecular complexity index is 549. The van der Waals surface area contributed by atoms with Crippen molar-refractivity contribution in [2.75, 3.05) is 20.2 Å². The molecule has 7 nitrogen and oxygen atoms in total. The van der Waals surface area contributed by atoms with E-state index in [1.807, 2.05) is 0 Å². The summed E-state index contributed by atoms with van der Waals surface area (Å²) in [7, 11) is -2.55. The monoisotopic (exact) mass is 305 g/mol. The molecule has 1 saturated heterocycles. The lowest BCUT2D eigenvalue weighted by Gasteiger charge is -2.23. The SMILES string of the molecule is COC(=O)c1ncsc1S(=O)(=O)NC1CCCNC1. The number of carbonyl (C=O) groups is 1. The van der Waals surface area contributed by atoms with Gasteiger partial charge >= 0.3 is 5.97 Å². The molecule has 106 valence electrons. The quantitative estimate of drug-likeness (QED) is 0.758. The molecule has 1 aromatic heterocycles. The fraction of sp³-hybridized carbons (Fsp3) is 0.600. The summed E-state index contributed by atoms with van der Waals surface area (Å²) in [5.41, 5.74) is 1.16. The van der Waals surface area contributed by atoms with Gasteiger partial charge in [0.05, 0.1) is 12.6 Å². The van der Waals surface area contributed by atoms with Gasteiger partial charge in [0.15, 0.2) is 9.90 Å². The van der Waals surface area contributed by atoms with Crippen molar-refractivity contribution in [2.24, 2.45) is 0 Å². The van der Waals surface area contributed by atoms with Crippen LogP contribution in [0.1, 0.15) is 23.3 Å². The summed E-state index contributed by atoms with van der Waals surface area (Å²) >= 11 is 0.906. The number of sulfonamides is 1. The Morgan fingerprint density at radius 2 is 2.42 bits per heavy atom. The number of esters is 1. The molecular weight excluding hydrogens is 290 g/mol. The van der Waals surface area contributed by atoms with Crippen molar-refractivity contribution in [3.63, 3.8) is 0 Å². The highest BCUT2D eigenvalue weighted by molar-refractivity contribution is 7.91. The predicted molar refractivity (Wildman–Crippen MR) is 69.7 cm³/mol. The highest BCUT2D eigenvalue weighted by Gasteiger charge is 2.29. The van der Waals surface area contributed by atoms with Gasteiger partial charge < -0.3 is 10.1 Å². The average Bonchev–Trinajstić information content (AvgIpc) is 2.88. The second-order valence-corrected chi connectivity index (χ2v) is 6.91. The van der Waals surface area contributed by atoms with Crippen molar-refractivity contribution in [1.82, 2.24) is 15.0 Å². The zero-order valence-corrected chi connectivity index (χ0v) is 12.0. The summed E-state index contributed by atoms with van der Waals surface area (Å²) < 4.78 is 31.5. The number of nitrogens with one attached hydrogen (secondary N) is 2. The van der Waals surface area contributed by atoms with E-state index in [2.05, 4.69) is 19.8 Å². The number of aromatic nitrogens is 1. The van der Waals surface area contributed by atoms with Crippen LogP contribution in [-0.4, -0.2) is 45.6 Å². The molecule has 9 heteroatoms. The maximum atomic E-state index is 12.2. The first-order valence-electron chi connectivity index (χ1n) is 5.79. The van der Waals surface area contributed by atoms with Crippen LogP contribution < -0.4 is 10.0 Å². The molecule has 0 aromatic carbocycles. The summed E-state index contributed by atoms with van der Waals surface area (Å²) in [6.45, 7) is 1.48. The van der Waals surface area contributed by atoms with Crippen molar-refractivity contribution >= 4 is 27.3 Å². The van der Waals surface area contributed by atoms with Gasteiger partial charge in [0, 0.05) is 12.6 Å². The molecule has 2 rings (SSSR count). The first-order valence-corrected chi connectivity index (χ1v) is 8.15. The normalized spacial score (nSPS) is 20.2.